The molecule has 0 unspecified atom stereocenters. The lowest BCUT2D eigenvalue weighted by Gasteiger charge is -2.44. The Balaban J connectivity index is 2.06. The predicted octanol–water partition coefficient (Wildman–Crippen LogP) is 3.17. The smallest absolute Gasteiger partial charge is 0.312 e. The average Bonchev–Trinajstić information content (AvgIpc) is 2.89. The van der Waals surface area contributed by atoms with Gasteiger partial charge in [0.05, 0.1) is 5.41 Å². The first-order valence-electron chi connectivity index (χ1n) is 10.3. The molecule has 2 aliphatic rings. The highest BCUT2D eigenvalue weighted by atomic mass is 28.3. The summed E-state index contributed by atoms with van der Waals surface area (Å²) in [6.07, 6.45) is 0.673. The molecule has 1 saturated heterocycles. The van der Waals surface area contributed by atoms with E-state index in [4.69, 9.17) is 4.74 Å². The molecule has 0 saturated carbocycles. The molecular weight excluding hydrogens is 376 g/mol. The normalized spacial score (nSPS) is 20.1. The SMILES string of the molecule is CN(C)c1ccc2c(c1)[Si](C)(C)c1cc(N(C)C)ccc1C21CC(C)(C)C(=O)O1. The summed E-state index contributed by atoms with van der Waals surface area (Å²) in [6.45, 7) is 8.84. The van der Waals surface area contributed by atoms with Gasteiger partial charge in [0.2, 0.25) is 0 Å². The maximum Gasteiger partial charge on any atom is 0.312 e. The topological polar surface area (TPSA) is 32.8 Å². The number of rotatable bonds is 2. The van der Waals surface area contributed by atoms with Crippen molar-refractivity contribution in [1.82, 2.24) is 0 Å². The van der Waals surface area contributed by atoms with Crippen LogP contribution < -0.4 is 20.2 Å². The average molecular weight is 409 g/mol. The molecule has 0 atom stereocenters. The first-order valence-corrected chi connectivity index (χ1v) is 13.3. The second-order valence-electron chi connectivity index (χ2n) is 10.2. The van der Waals surface area contributed by atoms with Gasteiger partial charge in [-0.15, -0.1) is 0 Å². The number of ether oxygens (including phenoxy) is 1. The number of carbonyl (C=O) groups is 1. The van der Waals surface area contributed by atoms with Crippen LogP contribution in [0, 0.1) is 5.41 Å². The highest BCUT2D eigenvalue weighted by Crippen LogP contribution is 2.52. The number of hydrogen-bond donors (Lipinski definition) is 0. The van der Waals surface area contributed by atoms with E-state index in [0.717, 1.165) is 0 Å². The molecule has 0 N–H and O–H groups in total. The third-order valence-electron chi connectivity index (χ3n) is 6.77. The molecule has 154 valence electrons. The zero-order chi connectivity index (χ0) is 21.4. The van der Waals surface area contributed by atoms with Crippen LogP contribution in [0.15, 0.2) is 36.4 Å². The van der Waals surface area contributed by atoms with Gasteiger partial charge in [-0.2, -0.15) is 0 Å². The molecule has 1 fully saturated rings. The van der Waals surface area contributed by atoms with Crippen molar-refractivity contribution < 1.29 is 9.53 Å². The van der Waals surface area contributed by atoms with Crippen molar-refractivity contribution in [3.63, 3.8) is 0 Å². The third kappa shape index (κ3) is 2.74. The van der Waals surface area contributed by atoms with E-state index in [1.54, 1.807) is 0 Å². The largest absolute Gasteiger partial charge is 0.449 e. The highest BCUT2D eigenvalue weighted by Gasteiger charge is 2.58. The summed E-state index contributed by atoms with van der Waals surface area (Å²) in [7, 11) is 6.31. The molecule has 29 heavy (non-hydrogen) atoms. The summed E-state index contributed by atoms with van der Waals surface area (Å²) in [6, 6.07) is 13.4. The Labute approximate surface area is 175 Å². The van der Waals surface area contributed by atoms with Gasteiger partial charge in [-0.05, 0) is 59.6 Å². The van der Waals surface area contributed by atoms with Crippen molar-refractivity contribution in [1.29, 1.82) is 0 Å². The number of nitrogens with zero attached hydrogens (tertiary/aromatic N) is 2. The zero-order valence-corrected chi connectivity index (χ0v) is 19.9. The molecule has 0 amide bonds. The molecule has 0 bridgehead atoms. The van der Waals surface area contributed by atoms with Crippen molar-refractivity contribution >= 4 is 35.8 Å². The first kappa shape index (κ1) is 20.0. The minimum atomic E-state index is -1.99. The van der Waals surface area contributed by atoms with E-state index in [9.17, 15) is 4.79 Å². The lowest BCUT2D eigenvalue weighted by Crippen LogP contribution is -2.63. The van der Waals surface area contributed by atoms with Gasteiger partial charge in [-0.25, -0.2) is 0 Å². The van der Waals surface area contributed by atoms with Crippen LogP contribution in [0.4, 0.5) is 11.4 Å². The Morgan fingerprint density at radius 2 is 1.31 bits per heavy atom. The fraction of sp³-hybridized carbons (Fsp3) is 0.458. The molecular formula is C24H32N2O2Si. The second kappa shape index (κ2) is 6.11. The van der Waals surface area contributed by atoms with E-state index in [1.807, 2.05) is 13.8 Å². The number of esters is 1. The van der Waals surface area contributed by atoms with E-state index in [0.29, 0.717) is 6.42 Å². The van der Waals surface area contributed by atoms with Gasteiger partial charge in [0, 0.05) is 46.0 Å². The number of fused-ring (bicyclic) bond motifs is 4. The Kier molecular flexibility index (Phi) is 4.22. The zero-order valence-electron chi connectivity index (χ0n) is 18.9. The van der Waals surface area contributed by atoms with Crippen LogP contribution in [-0.4, -0.2) is 42.2 Å². The van der Waals surface area contributed by atoms with E-state index in [-0.39, 0.29) is 5.97 Å². The van der Waals surface area contributed by atoms with Crippen LogP contribution in [0.5, 0.6) is 0 Å². The maximum absolute atomic E-state index is 12.9. The molecule has 1 spiro atoms. The van der Waals surface area contributed by atoms with Gasteiger partial charge < -0.3 is 14.5 Å². The summed E-state index contributed by atoms with van der Waals surface area (Å²) >= 11 is 0. The third-order valence-corrected chi connectivity index (χ3v) is 10.3. The molecule has 2 aliphatic heterocycles. The van der Waals surface area contributed by atoms with Crippen molar-refractivity contribution in [3.8, 4) is 0 Å². The minimum Gasteiger partial charge on any atom is -0.449 e. The van der Waals surface area contributed by atoms with E-state index in [1.165, 1.54) is 32.9 Å². The lowest BCUT2D eigenvalue weighted by atomic mass is 9.76. The van der Waals surface area contributed by atoms with Gasteiger partial charge in [0.15, 0.2) is 5.60 Å². The first-order chi connectivity index (χ1) is 13.4. The molecule has 4 nitrogen and oxygen atoms in total. The minimum absolute atomic E-state index is 0.107. The van der Waals surface area contributed by atoms with Gasteiger partial charge >= 0.3 is 5.97 Å². The molecule has 5 heteroatoms. The molecule has 4 rings (SSSR count). The van der Waals surface area contributed by atoms with Crippen LogP contribution in [-0.2, 0) is 15.1 Å². The molecule has 0 aliphatic carbocycles. The number of carbonyl (C=O) groups excluding carboxylic acids is 1. The van der Waals surface area contributed by atoms with Crippen molar-refractivity contribution in [3.05, 3.63) is 47.5 Å². The van der Waals surface area contributed by atoms with E-state index >= 15 is 0 Å². The van der Waals surface area contributed by atoms with Crippen LogP contribution >= 0.6 is 0 Å². The number of hydrogen-bond acceptors (Lipinski definition) is 4. The second-order valence-corrected chi connectivity index (χ2v) is 14.5. The molecule has 2 aromatic carbocycles. The quantitative estimate of drug-likeness (QED) is 0.564. The lowest BCUT2D eigenvalue weighted by molar-refractivity contribution is -0.151. The predicted molar refractivity (Wildman–Crippen MR) is 124 cm³/mol. The Morgan fingerprint density at radius 3 is 1.66 bits per heavy atom. The van der Waals surface area contributed by atoms with Crippen LogP contribution in [0.1, 0.15) is 31.4 Å². The molecule has 2 aromatic rings. The maximum atomic E-state index is 12.9. The number of anilines is 2. The van der Waals surface area contributed by atoms with Crippen LogP contribution in [0.2, 0.25) is 13.1 Å². The fourth-order valence-corrected chi connectivity index (χ4v) is 8.20. The molecule has 2 heterocycles. The Morgan fingerprint density at radius 1 is 0.862 bits per heavy atom. The highest BCUT2D eigenvalue weighted by molar-refractivity contribution is 7.01. The Bertz CT molecular complexity index is 946. The van der Waals surface area contributed by atoms with Crippen molar-refractivity contribution in [2.24, 2.45) is 5.41 Å². The van der Waals surface area contributed by atoms with Gasteiger partial charge in [-0.3, -0.25) is 4.79 Å². The summed E-state index contributed by atoms with van der Waals surface area (Å²) in [5.74, 6) is -0.107. The summed E-state index contributed by atoms with van der Waals surface area (Å²) < 4.78 is 6.31. The summed E-state index contributed by atoms with van der Waals surface area (Å²) in [5.41, 5.74) is 3.56. The molecule has 0 aromatic heterocycles. The fourth-order valence-electron chi connectivity index (χ4n) is 4.98. The standard InChI is InChI=1S/C24H32N2O2Si/c1-23(2)15-24(28-22(23)27)18-11-9-16(25(3)4)13-20(18)29(7,8)21-14-17(26(5)6)10-12-19(21)24/h9-14H,15H2,1-8H3. The number of benzene rings is 2. The van der Waals surface area contributed by atoms with E-state index < -0.39 is 19.1 Å². The van der Waals surface area contributed by atoms with E-state index in [2.05, 4.69) is 87.5 Å². The van der Waals surface area contributed by atoms with Gasteiger partial charge in [0.25, 0.3) is 0 Å². The van der Waals surface area contributed by atoms with Crippen LogP contribution in [0.3, 0.4) is 0 Å². The monoisotopic (exact) mass is 408 g/mol. The van der Waals surface area contributed by atoms with Crippen molar-refractivity contribution in [2.75, 3.05) is 38.0 Å². The molecule has 0 radical (unpaired) electrons. The van der Waals surface area contributed by atoms with Gasteiger partial charge in [-0.1, -0.05) is 25.2 Å². The summed E-state index contributed by atoms with van der Waals surface area (Å²) in [5, 5.41) is 2.75. The summed E-state index contributed by atoms with van der Waals surface area (Å²) in [4.78, 5) is 17.2. The van der Waals surface area contributed by atoms with Crippen molar-refractivity contribution in [2.45, 2.75) is 39.0 Å². The van der Waals surface area contributed by atoms with Gasteiger partial charge in [0.1, 0.15) is 8.07 Å². The Hall–Kier alpha value is -2.27. The van der Waals surface area contributed by atoms with Crippen LogP contribution in [0.25, 0.3) is 0 Å².